The van der Waals surface area contributed by atoms with Crippen LogP contribution in [0.2, 0.25) is 0 Å². The molecule has 0 spiro atoms. The van der Waals surface area contributed by atoms with Crippen LogP contribution in [0, 0.1) is 0 Å². The molecule has 1 saturated heterocycles. The fourth-order valence-corrected chi connectivity index (χ4v) is 2.79. The Hall–Kier alpha value is -0.610. The molecule has 0 aromatic rings. The van der Waals surface area contributed by atoms with Crippen molar-refractivity contribution in [2.45, 2.75) is 103 Å². The average molecular weight is 314 g/mol. The Bertz CT molecular complexity index is 293. The molecule has 0 aromatic carbocycles. The number of esters is 1. The van der Waals surface area contributed by atoms with E-state index < -0.39 is 0 Å². The third kappa shape index (κ3) is 9.42. The van der Waals surface area contributed by atoms with E-state index in [-0.39, 0.29) is 18.7 Å². The van der Waals surface area contributed by atoms with E-state index in [4.69, 9.17) is 14.6 Å². The van der Waals surface area contributed by atoms with Gasteiger partial charge in [0.1, 0.15) is 6.10 Å². The van der Waals surface area contributed by atoms with Gasteiger partial charge in [-0.2, -0.15) is 0 Å². The number of hydrogen-bond acceptors (Lipinski definition) is 4. The van der Waals surface area contributed by atoms with Crippen molar-refractivity contribution in [2.24, 2.45) is 0 Å². The zero-order valence-electron chi connectivity index (χ0n) is 14.4. The molecule has 3 atom stereocenters. The van der Waals surface area contributed by atoms with Crippen LogP contribution in [-0.4, -0.2) is 36.0 Å². The minimum Gasteiger partial charge on any atom is -0.460 e. The molecule has 1 aliphatic rings. The molecule has 1 N–H and O–H groups in total. The second-order valence-electron chi connectivity index (χ2n) is 6.47. The van der Waals surface area contributed by atoms with Crippen LogP contribution in [0.5, 0.6) is 0 Å². The number of carbonyl (C=O) groups excluding carboxylic acids is 1. The lowest BCUT2D eigenvalue weighted by Crippen LogP contribution is -2.18. The maximum atomic E-state index is 11.4. The van der Waals surface area contributed by atoms with E-state index in [0.717, 1.165) is 19.3 Å². The number of hydrogen-bond donors (Lipinski definition) is 1. The molecule has 0 saturated carbocycles. The monoisotopic (exact) mass is 314 g/mol. The lowest BCUT2D eigenvalue weighted by Gasteiger charge is -2.09. The first-order valence-electron chi connectivity index (χ1n) is 9.13. The van der Waals surface area contributed by atoms with Crippen molar-refractivity contribution in [3.63, 3.8) is 0 Å². The van der Waals surface area contributed by atoms with Crippen molar-refractivity contribution in [1.29, 1.82) is 0 Å². The highest BCUT2D eigenvalue weighted by Crippen LogP contribution is 2.29. The lowest BCUT2D eigenvalue weighted by atomic mass is 10.0. The fourth-order valence-electron chi connectivity index (χ4n) is 2.79. The number of epoxide rings is 1. The lowest BCUT2D eigenvalue weighted by molar-refractivity contribution is -0.150. The maximum absolute atomic E-state index is 11.4. The van der Waals surface area contributed by atoms with Crippen molar-refractivity contribution in [3.05, 3.63) is 0 Å². The van der Waals surface area contributed by atoms with Gasteiger partial charge in [-0.25, -0.2) is 0 Å². The summed E-state index contributed by atoms with van der Waals surface area (Å²) in [5.41, 5.74) is 0. The number of carbonyl (C=O) groups is 1. The summed E-state index contributed by atoms with van der Waals surface area (Å²) >= 11 is 0. The van der Waals surface area contributed by atoms with Gasteiger partial charge in [0, 0.05) is 6.42 Å². The normalized spacial score (nSPS) is 21.6. The van der Waals surface area contributed by atoms with Gasteiger partial charge in [-0.1, -0.05) is 51.9 Å². The van der Waals surface area contributed by atoms with Gasteiger partial charge in [-0.15, -0.1) is 0 Å². The van der Waals surface area contributed by atoms with E-state index in [1.54, 1.807) is 6.92 Å². The zero-order valence-corrected chi connectivity index (χ0v) is 14.4. The predicted octanol–water partition coefficient (Wildman–Crippen LogP) is 3.99. The average Bonchev–Trinajstić information content (AvgIpc) is 3.27. The van der Waals surface area contributed by atoms with Gasteiger partial charge in [-0.3, -0.25) is 4.79 Å². The number of aliphatic hydroxyl groups excluding tert-OH is 1. The maximum Gasteiger partial charge on any atom is 0.306 e. The molecular formula is C18H34O4. The highest BCUT2D eigenvalue weighted by atomic mass is 16.6. The Kier molecular flexibility index (Phi) is 10.5. The van der Waals surface area contributed by atoms with Gasteiger partial charge in [0.15, 0.2) is 0 Å². The molecule has 0 bridgehead atoms. The number of rotatable bonds is 14. The van der Waals surface area contributed by atoms with Gasteiger partial charge in [-0.05, 0) is 26.2 Å². The fraction of sp³-hybridized carbons (Fsp3) is 0.944. The molecule has 1 heterocycles. The molecule has 1 aliphatic heterocycles. The third-order valence-electron chi connectivity index (χ3n) is 4.30. The summed E-state index contributed by atoms with van der Waals surface area (Å²) in [6.45, 7) is 3.80. The van der Waals surface area contributed by atoms with E-state index in [2.05, 4.69) is 6.92 Å². The summed E-state index contributed by atoms with van der Waals surface area (Å²) in [5, 5.41) is 8.79. The molecule has 0 aromatic heterocycles. The van der Waals surface area contributed by atoms with Gasteiger partial charge in [0.2, 0.25) is 0 Å². The third-order valence-corrected chi connectivity index (χ3v) is 4.30. The Balaban J connectivity index is 1.75. The predicted molar refractivity (Wildman–Crippen MR) is 87.8 cm³/mol. The molecule has 3 unspecified atom stereocenters. The summed E-state index contributed by atoms with van der Waals surface area (Å²) < 4.78 is 10.5. The second-order valence-corrected chi connectivity index (χ2v) is 6.47. The van der Waals surface area contributed by atoms with E-state index in [1.807, 2.05) is 0 Å². The molecule has 1 fully saturated rings. The summed E-state index contributed by atoms with van der Waals surface area (Å²) in [4.78, 5) is 11.4. The van der Waals surface area contributed by atoms with Crippen LogP contribution in [0.1, 0.15) is 84.5 Å². The molecule has 0 amide bonds. The van der Waals surface area contributed by atoms with Crippen LogP contribution in [0.4, 0.5) is 0 Å². The van der Waals surface area contributed by atoms with E-state index in [9.17, 15) is 4.79 Å². The number of unbranched alkanes of at least 4 members (excludes halogenated alkanes) is 7. The zero-order chi connectivity index (χ0) is 16.2. The molecule has 130 valence electrons. The van der Waals surface area contributed by atoms with Gasteiger partial charge < -0.3 is 14.6 Å². The largest absolute Gasteiger partial charge is 0.460 e. The SMILES string of the molecule is CCC1OC1CCCCCCCCCCC(=O)OC(C)CO. The van der Waals surface area contributed by atoms with Crippen LogP contribution in [0.15, 0.2) is 0 Å². The van der Waals surface area contributed by atoms with Crippen LogP contribution in [0.25, 0.3) is 0 Å². The van der Waals surface area contributed by atoms with Crippen LogP contribution < -0.4 is 0 Å². The van der Waals surface area contributed by atoms with Crippen molar-refractivity contribution in [1.82, 2.24) is 0 Å². The summed E-state index contributed by atoms with van der Waals surface area (Å²) in [7, 11) is 0. The Morgan fingerprint density at radius 2 is 1.64 bits per heavy atom. The van der Waals surface area contributed by atoms with Crippen molar-refractivity contribution in [2.75, 3.05) is 6.61 Å². The summed E-state index contributed by atoms with van der Waals surface area (Å²) in [5.74, 6) is -0.186. The Morgan fingerprint density at radius 1 is 1.05 bits per heavy atom. The summed E-state index contributed by atoms with van der Waals surface area (Å²) in [6, 6.07) is 0. The van der Waals surface area contributed by atoms with Crippen molar-refractivity contribution in [3.8, 4) is 0 Å². The van der Waals surface area contributed by atoms with E-state index in [1.165, 1.54) is 44.9 Å². The van der Waals surface area contributed by atoms with Crippen LogP contribution >= 0.6 is 0 Å². The van der Waals surface area contributed by atoms with Crippen LogP contribution in [-0.2, 0) is 14.3 Å². The Morgan fingerprint density at radius 3 is 2.18 bits per heavy atom. The highest BCUT2D eigenvalue weighted by molar-refractivity contribution is 5.69. The molecule has 0 aliphatic carbocycles. The van der Waals surface area contributed by atoms with Crippen molar-refractivity contribution >= 4 is 5.97 Å². The molecule has 4 nitrogen and oxygen atoms in total. The van der Waals surface area contributed by atoms with E-state index in [0.29, 0.717) is 18.6 Å². The van der Waals surface area contributed by atoms with Crippen LogP contribution in [0.3, 0.4) is 0 Å². The van der Waals surface area contributed by atoms with Gasteiger partial charge in [0.05, 0.1) is 18.8 Å². The smallest absolute Gasteiger partial charge is 0.306 e. The van der Waals surface area contributed by atoms with Crippen molar-refractivity contribution < 1.29 is 19.4 Å². The molecule has 0 radical (unpaired) electrons. The van der Waals surface area contributed by atoms with E-state index >= 15 is 0 Å². The second kappa shape index (κ2) is 11.9. The quantitative estimate of drug-likeness (QED) is 0.299. The first-order valence-corrected chi connectivity index (χ1v) is 9.13. The molecule has 4 heteroatoms. The van der Waals surface area contributed by atoms with Gasteiger partial charge in [0.25, 0.3) is 0 Å². The number of aliphatic hydroxyl groups is 1. The first-order chi connectivity index (χ1) is 10.7. The molecule has 1 rings (SSSR count). The number of ether oxygens (including phenoxy) is 2. The minimum atomic E-state index is -0.374. The topological polar surface area (TPSA) is 59.1 Å². The standard InChI is InChI=1S/C18H34O4/c1-3-16-17(22-16)12-10-8-6-4-5-7-9-11-13-18(20)21-15(2)14-19/h15-17,19H,3-14H2,1-2H3. The highest BCUT2D eigenvalue weighted by Gasteiger charge is 2.35. The first kappa shape index (κ1) is 19.4. The molecular weight excluding hydrogens is 280 g/mol. The van der Waals surface area contributed by atoms with Gasteiger partial charge >= 0.3 is 5.97 Å². The Labute approximate surface area is 135 Å². The molecule has 22 heavy (non-hydrogen) atoms. The summed E-state index contributed by atoms with van der Waals surface area (Å²) in [6.07, 6.45) is 13.3. The minimum absolute atomic E-state index is 0.0995.